The Hall–Kier alpha value is -3.29. The number of likely N-dealkylation sites (N-methyl/N-ethyl adjacent to an activating group) is 2. The molecule has 0 unspecified atom stereocenters. The van der Waals surface area contributed by atoms with Crippen LogP contribution in [-0.4, -0.2) is 198 Å². The van der Waals surface area contributed by atoms with E-state index in [4.69, 9.17) is 28.4 Å². The third-order valence-corrected chi connectivity index (χ3v) is 15.6. The van der Waals surface area contributed by atoms with Gasteiger partial charge in [0, 0.05) is 69.4 Å². The molecule has 0 amide bonds. The SMILES string of the molecule is CC[C@H]1OC(=O)[C@H](C)[C@@H](O[C@H]2C[C@@](C)(OC)[C@@H](O)[C@H](C)O2)[C@H](C)[C@@H](O[C@@H]2O[C@H](C)C[C@H](N(C)CCc3cn([C@H](CO)Cc4ccc([N+](=O)[O-])cc4)nn3)[C@H]2O)[C@](C)(O)C[C@@H](C)CN(C)[C@H](C)[C@@H](O)[C@]1(C)O. The smallest absolute Gasteiger partial charge is 0.311 e. The second kappa shape index (κ2) is 24.4. The fourth-order valence-corrected chi connectivity index (χ4v) is 11.0. The Morgan fingerprint density at radius 1 is 1.00 bits per heavy atom. The van der Waals surface area contributed by atoms with Gasteiger partial charge in [-0.25, -0.2) is 4.68 Å². The second-order valence-electron chi connectivity index (χ2n) is 21.6. The summed E-state index contributed by atoms with van der Waals surface area (Å²) < 4.78 is 39.8. The minimum atomic E-state index is -1.85. The first-order valence-electron chi connectivity index (χ1n) is 25.2. The van der Waals surface area contributed by atoms with E-state index in [1.54, 1.807) is 71.5 Å². The van der Waals surface area contributed by atoms with Crippen molar-refractivity contribution in [1.82, 2.24) is 24.8 Å². The van der Waals surface area contributed by atoms with Crippen molar-refractivity contribution in [3.63, 3.8) is 0 Å². The highest BCUT2D eigenvalue weighted by atomic mass is 16.7. The number of nitro groups is 1. The lowest BCUT2D eigenvalue weighted by Gasteiger charge is -2.49. The summed E-state index contributed by atoms with van der Waals surface area (Å²) in [6, 6.07) is 4.62. The van der Waals surface area contributed by atoms with Crippen LogP contribution in [0.4, 0.5) is 5.69 Å². The maximum absolute atomic E-state index is 14.5. The number of aromatic nitrogens is 3. The molecule has 0 saturated carbocycles. The molecule has 6 N–H and O–H groups in total. The number of hydrogen-bond acceptors (Lipinski definition) is 19. The average Bonchev–Trinajstić information content (AvgIpc) is 3.79. The molecule has 3 aliphatic heterocycles. The van der Waals surface area contributed by atoms with Gasteiger partial charge in [0.25, 0.3) is 5.69 Å². The number of aliphatic hydroxyl groups is 6. The van der Waals surface area contributed by atoms with Crippen molar-refractivity contribution < 1.29 is 68.8 Å². The van der Waals surface area contributed by atoms with Crippen LogP contribution in [0.1, 0.15) is 112 Å². The molecule has 0 radical (unpaired) electrons. The van der Waals surface area contributed by atoms with Crippen molar-refractivity contribution in [2.24, 2.45) is 17.8 Å². The zero-order chi connectivity index (χ0) is 52.9. The van der Waals surface area contributed by atoms with Crippen molar-refractivity contribution in [3.05, 3.63) is 51.8 Å². The van der Waals surface area contributed by atoms with E-state index in [1.165, 1.54) is 26.2 Å². The molecule has 21 heteroatoms. The second-order valence-corrected chi connectivity index (χ2v) is 21.6. The summed E-state index contributed by atoms with van der Waals surface area (Å²) in [5.41, 5.74) is -3.18. The standard InChI is InChI=1S/C50H84N6O15/c1-14-39-50(10,63)43(59)32(6)54(12)25-28(2)23-48(8,62)45(30(4)42(31(5)46(61)69-39)70-40-24-49(9,66-13)44(60)33(7)68-40)71-47-41(58)38(21-29(3)67-47)53(11)20-19-35-26-55(52-51-35)37(27-57)22-34-15-17-36(18-16-34)56(64)65/h15-18,26,28-33,37-45,47,57-60,62-63H,14,19-25,27H2,1-13H3/t28-,29-,30+,31-,32-,33+,37+,38+,39-,40+,41-,42+,43-,44+,45-,47+,48-,49-,50-/m1/s1. The molecule has 3 aliphatic rings. The highest BCUT2D eigenvalue weighted by molar-refractivity contribution is 5.73. The molecule has 19 atom stereocenters. The van der Waals surface area contributed by atoms with Gasteiger partial charge in [-0.15, -0.1) is 5.10 Å². The number of carbonyl (C=O) groups is 1. The van der Waals surface area contributed by atoms with Gasteiger partial charge in [0.15, 0.2) is 12.6 Å². The normalized spacial score (nSPS) is 39.9. The van der Waals surface area contributed by atoms with E-state index in [9.17, 15) is 45.5 Å². The Kier molecular flexibility index (Phi) is 20.1. The van der Waals surface area contributed by atoms with Gasteiger partial charge in [-0.1, -0.05) is 38.1 Å². The fraction of sp³-hybridized carbons (Fsp3) is 0.820. The van der Waals surface area contributed by atoms with Crippen LogP contribution in [-0.2, 0) is 46.1 Å². The zero-order valence-corrected chi connectivity index (χ0v) is 44.0. The van der Waals surface area contributed by atoms with Crippen LogP contribution in [0.3, 0.4) is 0 Å². The van der Waals surface area contributed by atoms with Crippen LogP contribution in [0.25, 0.3) is 0 Å². The van der Waals surface area contributed by atoms with Crippen molar-refractivity contribution in [2.45, 2.75) is 204 Å². The van der Waals surface area contributed by atoms with Crippen molar-refractivity contribution in [1.29, 1.82) is 0 Å². The molecular weight excluding hydrogens is 925 g/mol. The lowest BCUT2D eigenvalue weighted by atomic mass is 9.77. The number of nitro benzene ring substituents is 1. The van der Waals surface area contributed by atoms with Gasteiger partial charge in [-0.3, -0.25) is 14.9 Å². The van der Waals surface area contributed by atoms with E-state index in [2.05, 4.69) is 10.3 Å². The van der Waals surface area contributed by atoms with Gasteiger partial charge in [-0.2, -0.15) is 0 Å². The Balaban J connectivity index is 1.43. The summed E-state index contributed by atoms with van der Waals surface area (Å²) in [7, 11) is 5.19. The molecule has 3 saturated heterocycles. The molecule has 2 aromatic rings. The van der Waals surface area contributed by atoms with Crippen molar-refractivity contribution in [3.8, 4) is 0 Å². The van der Waals surface area contributed by atoms with E-state index < -0.39 is 119 Å². The van der Waals surface area contributed by atoms with E-state index in [0.717, 1.165) is 5.56 Å². The van der Waals surface area contributed by atoms with Crippen LogP contribution in [0.2, 0.25) is 0 Å². The number of esters is 1. The maximum Gasteiger partial charge on any atom is 0.311 e. The number of aliphatic hydroxyl groups excluding tert-OH is 4. The Morgan fingerprint density at radius 3 is 2.27 bits per heavy atom. The molecular formula is C50H84N6O15. The molecule has 1 aromatic carbocycles. The minimum absolute atomic E-state index is 0.0233. The van der Waals surface area contributed by atoms with Crippen LogP contribution in [0.15, 0.2) is 30.5 Å². The monoisotopic (exact) mass is 1010 g/mol. The minimum Gasteiger partial charge on any atom is -0.459 e. The van der Waals surface area contributed by atoms with Crippen LogP contribution >= 0.6 is 0 Å². The largest absolute Gasteiger partial charge is 0.459 e. The number of carbonyl (C=O) groups excluding carboxylic acids is 1. The molecule has 404 valence electrons. The first-order valence-corrected chi connectivity index (χ1v) is 25.2. The quantitative estimate of drug-likeness (QED) is 0.0850. The van der Waals surface area contributed by atoms with Gasteiger partial charge in [-0.05, 0) is 99.7 Å². The number of methoxy groups -OCH3 is 1. The summed E-state index contributed by atoms with van der Waals surface area (Å²) in [6.45, 7) is 18.0. The summed E-state index contributed by atoms with van der Waals surface area (Å²) in [5, 5.41) is 89.6. The molecule has 0 bridgehead atoms. The van der Waals surface area contributed by atoms with E-state index in [0.29, 0.717) is 38.0 Å². The molecule has 5 rings (SSSR count). The number of non-ortho nitro benzene ring substituents is 1. The molecule has 1 aromatic heterocycles. The average molecular weight is 1010 g/mol. The summed E-state index contributed by atoms with van der Waals surface area (Å²) in [6.07, 6.45) is -6.89. The van der Waals surface area contributed by atoms with Crippen LogP contribution in [0, 0.1) is 27.9 Å². The number of ether oxygens (including phenoxy) is 6. The molecule has 21 nitrogen and oxygen atoms in total. The summed E-state index contributed by atoms with van der Waals surface area (Å²) >= 11 is 0. The van der Waals surface area contributed by atoms with E-state index >= 15 is 0 Å². The van der Waals surface area contributed by atoms with Crippen molar-refractivity contribution >= 4 is 11.7 Å². The third-order valence-electron chi connectivity index (χ3n) is 15.6. The maximum atomic E-state index is 14.5. The van der Waals surface area contributed by atoms with Crippen LogP contribution < -0.4 is 0 Å². The molecule has 71 heavy (non-hydrogen) atoms. The van der Waals surface area contributed by atoms with Crippen LogP contribution in [0.5, 0.6) is 0 Å². The number of nitrogens with zero attached hydrogens (tertiary/aromatic N) is 6. The number of hydrogen-bond donors (Lipinski definition) is 6. The topological polar surface area (TPSA) is 274 Å². The van der Waals surface area contributed by atoms with Gasteiger partial charge in [0.05, 0.1) is 64.8 Å². The highest BCUT2D eigenvalue weighted by Crippen LogP contribution is 2.40. The highest BCUT2D eigenvalue weighted by Gasteiger charge is 2.53. The fourth-order valence-electron chi connectivity index (χ4n) is 11.0. The zero-order valence-electron chi connectivity index (χ0n) is 44.0. The van der Waals surface area contributed by atoms with E-state index in [1.807, 2.05) is 37.7 Å². The predicted molar refractivity (Wildman–Crippen MR) is 260 cm³/mol. The third kappa shape index (κ3) is 13.9. The number of cyclic esters (lactones) is 1. The number of rotatable bonds is 15. The summed E-state index contributed by atoms with van der Waals surface area (Å²) in [4.78, 5) is 29.0. The molecule has 0 aliphatic carbocycles. The Bertz CT molecular complexity index is 2010. The summed E-state index contributed by atoms with van der Waals surface area (Å²) in [5.74, 6) is -2.88. The molecule has 0 spiro atoms. The molecule has 4 heterocycles. The Morgan fingerprint density at radius 2 is 1.66 bits per heavy atom. The lowest BCUT2D eigenvalue weighted by Crippen LogP contribution is -2.61. The van der Waals surface area contributed by atoms with Gasteiger partial charge in [0.1, 0.15) is 30.0 Å². The number of benzene rings is 1. The van der Waals surface area contributed by atoms with E-state index in [-0.39, 0.29) is 37.5 Å². The predicted octanol–water partition coefficient (Wildman–Crippen LogP) is 2.79. The van der Waals surface area contributed by atoms with Crippen molar-refractivity contribution in [2.75, 3.05) is 40.9 Å². The Labute approximate surface area is 418 Å². The lowest BCUT2D eigenvalue weighted by molar-refractivity contribution is -0.384. The first kappa shape index (κ1) is 58.6. The molecule has 3 fully saturated rings. The van der Waals surface area contributed by atoms with Gasteiger partial charge in [0.2, 0.25) is 0 Å². The first-order chi connectivity index (χ1) is 33.2. The van der Waals surface area contributed by atoms with Gasteiger partial charge >= 0.3 is 5.97 Å². The van der Waals surface area contributed by atoms with Gasteiger partial charge < -0.3 is 68.9 Å².